The number of nitrogens with one attached hydrogen (secondary N) is 1. The first-order valence-electron chi connectivity index (χ1n) is 13.7. The number of ether oxygens (including phenoxy) is 1. The Bertz CT molecular complexity index is 1480. The molecule has 42 heavy (non-hydrogen) atoms. The summed E-state index contributed by atoms with van der Waals surface area (Å²) in [6.45, 7) is 9.54. The zero-order chi connectivity index (χ0) is 31.0. The van der Waals surface area contributed by atoms with Crippen molar-refractivity contribution < 1.29 is 22.7 Å². The molecule has 0 saturated carbocycles. The van der Waals surface area contributed by atoms with E-state index in [1.54, 1.807) is 61.5 Å². The van der Waals surface area contributed by atoms with Gasteiger partial charge in [0.25, 0.3) is 10.0 Å². The fraction of sp³-hybridized carbons (Fsp3) is 0.355. The van der Waals surface area contributed by atoms with Gasteiger partial charge in [-0.05, 0) is 80.8 Å². The van der Waals surface area contributed by atoms with Crippen molar-refractivity contribution in [2.45, 2.75) is 52.1 Å². The van der Waals surface area contributed by atoms with Crippen molar-refractivity contribution in [2.24, 2.45) is 5.92 Å². The van der Waals surface area contributed by atoms with E-state index in [0.717, 1.165) is 9.87 Å². The first kappa shape index (κ1) is 33.2. The normalized spacial score (nSPS) is 12.1. The number of benzene rings is 3. The third-order valence-corrected chi connectivity index (χ3v) is 8.91. The van der Waals surface area contributed by atoms with Gasteiger partial charge in [0.15, 0.2) is 0 Å². The summed E-state index contributed by atoms with van der Waals surface area (Å²) in [4.78, 5) is 28.5. The number of sulfonamides is 1. The van der Waals surface area contributed by atoms with E-state index in [2.05, 4.69) is 5.32 Å². The van der Waals surface area contributed by atoms with Crippen molar-refractivity contribution in [3.63, 3.8) is 0 Å². The summed E-state index contributed by atoms with van der Waals surface area (Å²) in [6.07, 6.45) is 0. The van der Waals surface area contributed by atoms with Gasteiger partial charge in [-0.1, -0.05) is 60.8 Å². The number of aryl methyl sites for hydroxylation is 1. The topological polar surface area (TPSA) is 96.0 Å². The van der Waals surface area contributed by atoms with E-state index in [0.29, 0.717) is 40.2 Å². The molecule has 3 aromatic rings. The summed E-state index contributed by atoms with van der Waals surface area (Å²) >= 11 is 12.5. The van der Waals surface area contributed by atoms with Crippen LogP contribution in [0.2, 0.25) is 10.0 Å². The number of nitrogens with zero attached hydrogens (tertiary/aromatic N) is 2. The Morgan fingerprint density at radius 1 is 0.952 bits per heavy atom. The molecular weight excluding hydrogens is 597 g/mol. The van der Waals surface area contributed by atoms with Gasteiger partial charge in [-0.2, -0.15) is 0 Å². The number of amides is 2. The molecule has 1 atom stereocenters. The van der Waals surface area contributed by atoms with E-state index in [1.807, 2.05) is 27.7 Å². The fourth-order valence-electron chi connectivity index (χ4n) is 4.11. The first-order valence-corrected chi connectivity index (χ1v) is 15.9. The highest BCUT2D eigenvalue weighted by Crippen LogP contribution is 2.27. The minimum atomic E-state index is -4.20. The molecule has 11 heteroatoms. The molecule has 0 bridgehead atoms. The van der Waals surface area contributed by atoms with Crippen LogP contribution in [0.3, 0.4) is 0 Å². The number of anilines is 1. The van der Waals surface area contributed by atoms with Crippen LogP contribution in [0.1, 0.15) is 38.8 Å². The summed E-state index contributed by atoms with van der Waals surface area (Å²) in [6, 6.07) is 16.8. The number of rotatable bonds is 13. The van der Waals surface area contributed by atoms with E-state index in [9.17, 15) is 18.0 Å². The Morgan fingerprint density at radius 2 is 1.60 bits per heavy atom. The Labute approximate surface area is 258 Å². The molecule has 2 amide bonds. The number of hydrogen-bond acceptors (Lipinski definition) is 5. The van der Waals surface area contributed by atoms with Gasteiger partial charge in [-0.15, -0.1) is 0 Å². The van der Waals surface area contributed by atoms with Crippen LogP contribution in [0.4, 0.5) is 5.69 Å². The second-order valence-corrected chi connectivity index (χ2v) is 13.0. The standard InChI is InChI=1S/C31H37Cl2N3O5S/c1-6-41-27-13-15-28(16-14-27)42(39,40)36(26-11-7-22(4)8-12-26)20-30(37)35(23(5)31(38)34-18-21(2)3)19-24-9-10-25(32)17-29(24)33/h7-17,21,23H,6,18-20H2,1-5H3,(H,34,38). The van der Waals surface area contributed by atoms with Crippen LogP contribution in [0.15, 0.2) is 71.6 Å². The van der Waals surface area contributed by atoms with Gasteiger partial charge in [0.05, 0.1) is 17.2 Å². The highest BCUT2D eigenvalue weighted by molar-refractivity contribution is 7.92. The maximum atomic E-state index is 14.0. The first-order chi connectivity index (χ1) is 19.8. The van der Waals surface area contributed by atoms with Crippen molar-refractivity contribution in [1.82, 2.24) is 10.2 Å². The zero-order valence-electron chi connectivity index (χ0n) is 24.4. The van der Waals surface area contributed by atoms with Gasteiger partial charge in [-0.25, -0.2) is 8.42 Å². The lowest BCUT2D eigenvalue weighted by molar-refractivity contribution is -0.139. The molecule has 0 heterocycles. The average molecular weight is 635 g/mol. The summed E-state index contributed by atoms with van der Waals surface area (Å²) in [5, 5.41) is 3.61. The molecular formula is C31H37Cl2N3O5S. The third-order valence-electron chi connectivity index (χ3n) is 6.53. The Kier molecular flexibility index (Phi) is 11.7. The van der Waals surface area contributed by atoms with Crippen LogP contribution < -0.4 is 14.4 Å². The molecule has 0 spiro atoms. The lowest BCUT2D eigenvalue weighted by Gasteiger charge is -2.32. The Hall–Kier alpha value is -3.27. The monoisotopic (exact) mass is 633 g/mol. The summed E-state index contributed by atoms with van der Waals surface area (Å²) in [5.41, 5.74) is 1.80. The largest absolute Gasteiger partial charge is 0.494 e. The molecule has 3 rings (SSSR count). The predicted octanol–water partition coefficient (Wildman–Crippen LogP) is 6.09. The van der Waals surface area contributed by atoms with E-state index in [4.69, 9.17) is 27.9 Å². The molecule has 0 fully saturated rings. The van der Waals surface area contributed by atoms with E-state index in [-0.39, 0.29) is 23.3 Å². The second kappa shape index (κ2) is 14.8. The molecule has 226 valence electrons. The lowest BCUT2D eigenvalue weighted by Crippen LogP contribution is -2.51. The zero-order valence-corrected chi connectivity index (χ0v) is 26.8. The van der Waals surface area contributed by atoms with E-state index < -0.39 is 28.5 Å². The number of carbonyl (C=O) groups excluding carboxylic acids is 2. The van der Waals surface area contributed by atoms with Gasteiger partial charge < -0.3 is 15.0 Å². The van der Waals surface area contributed by atoms with Crippen LogP contribution in [-0.4, -0.2) is 50.9 Å². The van der Waals surface area contributed by atoms with Crippen LogP contribution in [0, 0.1) is 12.8 Å². The van der Waals surface area contributed by atoms with Gasteiger partial charge in [0, 0.05) is 23.1 Å². The van der Waals surface area contributed by atoms with Crippen LogP contribution in [-0.2, 0) is 26.2 Å². The smallest absolute Gasteiger partial charge is 0.264 e. The third kappa shape index (κ3) is 8.63. The molecule has 8 nitrogen and oxygen atoms in total. The molecule has 1 unspecified atom stereocenters. The van der Waals surface area contributed by atoms with E-state index in [1.165, 1.54) is 17.0 Å². The SMILES string of the molecule is CCOc1ccc(S(=O)(=O)N(CC(=O)N(Cc2ccc(Cl)cc2Cl)C(C)C(=O)NCC(C)C)c2ccc(C)cc2)cc1. The minimum absolute atomic E-state index is 0.00523. The molecule has 1 N–H and O–H groups in total. The van der Waals surface area contributed by atoms with Crippen molar-refractivity contribution in [1.29, 1.82) is 0 Å². The fourth-order valence-corrected chi connectivity index (χ4v) is 5.99. The summed E-state index contributed by atoms with van der Waals surface area (Å²) in [7, 11) is -4.20. The maximum absolute atomic E-state index is 14.0. The van der Waals surface area contributed by atoms with Gasteiger partial charge in [0.2, 0.25) is 11.8 Å². The Balaban J connectivity index is 2.02. The van der Waals surface area contributed by atoms with E-state index >= 15 is 0 Å². The Morgan fingerprint density at radius 3 is 2.17 bits per heavy atom. The molecule has 0 aliphatic carbocycles. The molecule has 0 radical (unpaired) electrons. The summed E-state index contributed by atoms with van der Waals surface area (Å²) in [5.74, 6) is -0.212. The second-order valence-electron chi connectivity index (χ2n) is 10.3. The van der Waals surface area contributed by atoms with Crippen LogP contribution in [0.5, 0.6) is 5.75 Å². The number of hydrogen-bond donors (Lipinski definition) is 1. The molecule has 0 aromatic heterocycles. The highest BCUT2D eigenvalue weighted by atomic mass is 35.5. The number of carbonyl (C=O) groups is 2. The quantitative estimate of drug-likeness (QED) is 0.246. The predicted molar refractivity (Wildman–Crippen MR) is 168 cm³/mol. The van der Waals surface area contributed by atoms with Gasteiger partial charge in [0.1, 0.15) is 18.3 Å². The molecule has 0 aliphatic rings. The minimum Gasteiger partial charge on any atom is -0.494 e. The van der Waals surface area contributed by atoms with Crippen LogP contribution >= 0.6 is 23.2 Å². The van der Waals surface area contributed by atoms with Crippen molar-refractivity contribution >= 4 is 50.7 Å². The highest BCUT2D eigenvalue weighted by Gasteiger charge is 2.33. The van der Waals surface area contributed by atoms with Crippen molar-refractivity contribution in [2.75, 3.05) is 24.0 Å². The summed E-state index contributed by atoms with van der Waals surface area (Å²) < 4.78 is 34.5. The maximum Gasteiger partial charge on any atom is 0.264 e. The van der Waals surface area contributed by atoms with Crippen LogP contribution in [0.25, 0.3) is 0 Å². The molecule has 0 saturated heterocycles. The number of halogens is 2. The lowest BCUT2D eigenvalue weighted by atomic mass is 10.1. The molecule has 0 aliphatic heterocycles. The van der Waals surface area contributed by atoms with Crippen molar-refractivity contribution in [3.05, 3.63) is 87.9 Å². The van der Waals surface area contributed by atoms with Gasteiger partial charge in [-0.3, -0.25) is 13.9 Å². The van der Waals surface area contributed by atoms with Gasteiger partial charge >= 0.3 is 0 Å². The average Bonchev–Trinajstić information content (AvgIpc) is 2.94. The molecule has 3 aromatic carbocycles. The van der Waals surface area contributed by atoms with Crippen molar-refractivity contribution in [3.8, 4) is 5.75 Å².